The zero-order valence-electron chi connectivity index (χ0n) is 18.9. The van der Waals surface area contributed by atoms with E-state index in [0.29, 0.717) is 19.6 Å². The largest absolute Gasteiger partial charge is 0.516 e. The van der Waals surface area contributed by atoms with E-state index < -0.39 is 5.41 Å². The lowest BCUT2D eigenvalue weighted by molar-refractivity contribution is -0.860. The Labute approximate surface area is 184 Å². The van der Waals surface area contributed by atoms with Crippen molar-refractivity contribution >= 4 is 23.8 Å². The third-order valence-corrected chi connectivity index (χ3v) is 6.98. The molecule has 0 radical (unpaired) electrons. The van der Waals surface area contributed by atoms with Gasteiger partial charge in [-0.05, 0) is 57.1 Å². The van der Waals surface area contributed by atoms with Crippen molar-refractivity contribution in [2.24, 2.45) is 5.41 Å². The van der Waals surface area contributed by atoms with Gasteiger partial charge in [0, 0.05) is 17.7 Å². The van der Waals surface area contributed by atoms with E-state index in [4.69, 9.17) is 4.74 Å². The van der Waals surface area contributed by atoms with Crippen LogP contribution in [0.1, 0.15) is 53.0 Å². The molecule has 0 saturated carbocycles. The summed E-state index contributed by atoms with van der Waals surface area (Å²) in [7, 11) is 0. The molecule has 3 rings (SSSR count). The van der Waals surface area contributed by atoms with Gasteiger partial charge in [0.1, 0.15) is 19.7 Å². The average Bonchev–Trinajstić information content (AvgIpc) is 3.12. The number of nitrogens with zero attached hydrogens (tertiary/aromatic N) is 1. The van der Waals surface area contributed by atoms with Gasteiger partial charge in [0.2, 0.25) is 5.91 Å². The minimum atomic E-state index is -0.692. The molecule has 1 unspecified atom stereocenters. The van der Waals surface area contributed by atoms with Crippen LogP contribution in [0.3, 0.4) is 0 Å². The summed E-state index contributed by atoms with van der Waals surface area (Å²) in [6.07, 6.45) is 1.69. The molecule has 1 aromatic rings. The Morgan fingerprint density at radius 3 is 2.47 bits per heavy atom. The van der Waals surface area contributed by atoms with Gasteiger partial charge in [-0.25, -0.2) is 4.48 Å². The number of nitrogens with one attached hydrogen (secondary N) is 1. The highest BCUT2D eigenvalue weighted by atomic mass is 32.2. The number of carbonyl (C=O) groups excluding carboxylic acids is 2. The van der Waals surface area contributed by atoms with Crippen LogP contribution in [0.25, 0.3) is 0 Å². The highest BCUT2D eigenvalue weighted by Gasteiger charge is 2.49. The fraction of sp³-hybridized carbons (Fsp3) is 0.583. The molecule has 0 bridgehead atoms. The molecule has 2 heterocycles. The quantitative estimate of drug-likeness (QED) is 0.676. The van der Waals surface area contributed by atoms with Crippen molar-refractivity contribution in [2.75, 3.05) is 25.4 Å². The Bertz CT molecular complexity index is 827. The molecule has 0 spiro atoms. The smallest absolute Gasteiger partial charge is 0.415 e. The van der Waals surface area contributed by atoms with E-state index in [9.17, 15) is 9.59 Å². The van der Waals surface area contributed by atoms with Crippen molar-refractivity contribution in [3.8, 4) is 0 Å². The first-order valence-electron chi connectivity index (χ1n) is 10.7. The molecule has 164 valence electrons. The summed E-state index contributed by atoms with van der Waals surface area (Å²) >= 11 is 1.92. The highest BCUT2D eigenvalue weighted by molar-refractivity contribution is 8.03. The molecule has 2 amide bonds. The van der Waals surface area contributed by atoms with E-state index >= 15 is 0 Å². The molecular weight excluding hydrogens is 396 g/mol. The molecule has 0 saturated heterocycles. The molecule has 5 nitrogen and oxygen atoms in total. The number of ether oxygens (including phenoxy) is 1. The molecule has 1 N–H and O–H groups in total. The second kappa shape index (κ2) is 8.75. The number of benzene rings is 1. The third-order valence-electron chi connectivity index (χ3n) is 5.73. The van der Waals surface area contributed by atoms with E-state index in [1.807, 2.05) is 76.7 Å². The molecular formula is C24H35N2O3S+. The maximum absolute atomic E-state index is 13.5. The summed E-state index contributed by atoms with van der Waals surface area (Å²) < 4.78 is 6.01. The van der Waals surface area contributed by atoms with Gasteiger partial charge >= 0.3 is 6.09 Å². The molecule has 2 aliphatic rings. The minimum Gasteiger partial charge on any atom is -0.415 e. The Hall–Kier alpha value is -1.79. The Morgan fingerprint density at radius 2 is 1.80 bits per heavy atom. The van der Waals surface area contributed by atoms with E-state index in [1.165, 1.54) is 10.5 Å². The van der Waals surface area contributed by atoms with Crippen LogP contribution in [0.4, 0.5) is 4.79 Å². The van der Waals surface area contributed by atoms with Gasteiger partial charge < -0.3 is 10.1 Å². The number of hydrogen-bond acceptors (Lipinski definition) is 4. The lowest BCUT2D eigenvalue weighted by Gasteiger charge is -2.42. The van der Waals surface area contributed by atoms with Crippen molar-refractivity contribution in [2.45, 2.75) is 59.6 Å². The van der Waals surface area contributed by atoms with Crippen LogP contribution in [0, 0.1) is 5.41 Å². The summed E-state index contributed by atoms with van der Waals surface area (Å²) in [5.74, 6) is 1.07. The van der Waals surface area contributed by atoms with Gasteiger partial charge in [-0.2, -0.15) is 4.79 Å². The summed E-state index contributed by atoms with van der Waals surface area (Å²) in [4.78, 5) is 27.9. The highest BCUT2D eigenvalue weighted by Crippen LogP contribution is 2.41. The van der Waals surface area contributed by atoms with Crippen LogP contribution >= 0.6 is 11.8 Å². The van der Waals surface area contributed by atoms with Gasteiger partial charge in [0.05, 0.1) is 12.0 Å². The number of thioether (sulfide) groups is 1. The maximum Gasteiger partial charge on any atom is 0.516 e. The Morgan fingerprint density at radius 1 is 1.10 bits per heavy atom. The second-order valence-electron chi connectivity index (χ2n) is 10.2. The van der Waals surface area contributed by atoms with E-state index in [1.54, 1.807) is 0 Å². The van der Waals surface area contributed by atoms with Gasteiger partial charge in [0.25, 0.3) is 0 Å². The molecule has 2 aliphatic heterocycles. The monoisotopic (exact) mass is 431 g/mol. The van der Waals surface area contributed by atoms with Gasteiger partial charge in [-0.15, -0.1) is 11.8 Å². The predicted octanol–water partition coefficient (Wildman–Crippen LogP) is 4.88. The lowest BCUT2D eigenvalue weighted by Crippen LogP contribution is -2.62. The fourth-order valence-electron chi connectivity index (χ4n) is 4.26. The zero-order chi connectivity index (χ0) is 22.0. The van der Waals surface area contributed by atoms with Gasteiger partial charge in [-0.1, -0.05) is 30.3 Å². The maximum atomic E-state index is 13.5. The Balaban J connectivity index is 1.81. The van der Waals surface area contributed by atoms with Crippen molar-refractivity contribution < 1.29 is 18.8 Å². The number of amides is 2. The normalized spacial score (nSPS) is 21.9. The predicted molar refractivity (Wildman–Crippen MR) is 122 cm³/mol. The molecule has 6 heteroatoms. The average molecular weight is 432 g/mol. The summed E-state index contributed by atoms with van der Waals surface area (Å²) in [6, 6.07) is 9.76. The third kappa shape index (κ3) is 5.46. The van der Waals surface area contributed by atoms with Crippen LogP contribution in [0.2, 0.25) is 0 Å². The van der Waals surface area contributed by atoms with E-state index in [-0.39, 0.29) is 28.6 Å². The fourth-order valence-corrected chi connectivity index (χ4v) is 5.47. The standard InChI is InChI=1S/C24H34N2O3S/c1-23(2,3)25-21(27)24(4,5)17-26(13-11-20-19(15-26)12-14-30-20)22(28)29-16-18-9-7-6-8-10-18/h6-10H,11-17H2,1-5H3/p+1. The molecule has 30 heavy (non-hydrogen) atoms. The van der Waals surface area contributed by atoms with Crippen LogP contribution < -0.4 is 5.32 Å². The Kier molecular flexibility index (Phi) is 6.68. The second-order valence-corrected chi connectivity index (χ2v) is 11.4. The first-order chi connectivity index (χ1) is 14.0. The molecule has 1 atom stereocenters. The van der Waals surface area contributed by atoms with Crippen molar-refractivity contribution in [3.63, 3.8) is 0 Å². The van der Waals surface area contributed by atoms with E-state index in [2.05, 4.69) is 5.32 Å². The molecule has 0 aliphatic carbocycles. The first kappa shape index (κ1) is 22.9. The first-order valence-corrected chi connectivity index (χ1v) is 11.7. The lowest BCUT2D eigenvalue weighted by atomic mass is 9.88. The SMILES string of the molecule is CC(C)(C)NC(=O)C(C)(C)C[N+]1(C(=O)OCc2ccccc2)CCC2=C(CCS2)C1. The summed E-state index contributed by atoms with van der Waals surface area (Å²) in [6.45, 7) is 11.8. The summed E-state index contributed by atoms with van der Waals surface area (Å²) in [5, 5.41) is 3.09. The van der Waals surface area contributed by atoms with Crippen molar-refractivity contribution in [1.29, 1.82) is 0 Å². The topological polar surface area (TPSA) is 55.4 Å². The van der Waals surface area contributed by atoms with Gasteiger partial charge in [0.15, 0.2) is 0 Å². The van der Waals surface area contributed by atoms with E-state index in [0.717, 1.165) is 24.2 Å². The van der Waals surface area contributed by atoms with Crippen LogP contribution in [-0.2, 0) is 16.1 Å². The molecule has 1 aromatic carbocycles. The minimum absolute atomic E-state index is 0.0241. The van der Waals surface area contributed by atoms with Crippen LogP contribution in [0.15, 0.2) is 40.8 Å². The summed E-state index contributed by atoms with van der Waals surface area (Å²) in [5.41, 5.74) is 1.34. The van der Waals surface area contributed by atoms with Gasteiger partial charge in [-0.3, -0.25) is 4.79 Å². The van der Waals surface area contributed by atoms with Crippen LogP contribution in [-0.4, -0.2) is 47.4 Å². The number of carbonyl (C=O) groups is 2. The number of rotatable bonds is 5. The molecule has 0 aromatic heterocycles. The molecule has 0 fully saturated rings. The number of hydrogen-bond donors (Lipinski definition) is 1. The number of quaternary nitrogens is 1. The van der Waals surface area contributed by atoms with Crippen LogP contribution in [0.5, 0.6) is 0 Å². The van der Waals surface area contributed by atoms with Crippen molar-refractivity contribution in [1.82, 2.24) is 5.32 Å². The van der Waals surface area contributed by atoms with Crippen molar-refractivity contribution in [3.05, 3.63) is 46.4 Å². The zero-order valence-corrected chi connectivity index (χ0v) is 19.7.